The van der Waals surface area contributed by atoms with E-state index in [4.69, 9.17) is 5.73 Å². The maximum absolute atomic E-state index is 14.9. The minimum absolute atomic E-state index is 0.0210. The van der Waals surface area contributed by atoms with Gasteiger partial charge in [-0.05, 0) is 92.1 Å². The average molecular weight is 1060 g/mol. The van der Waals surface area contributed by atoms with Crippen molar-refractivity contribution in [1.82, 2.24) is 35.6 Å². The van der Waals surface area contributed by atoms with Crippen LogP contribution in [0.4, 0.5) is 8.78 Å². The Labute approximate surface area is 451 Å². The number of primary amides is 1. The van der Waals surface area contributed by atoms with Crippen LogP contribution in [0.2, 0.25) is 0 Å². The van der Waals surface area contributed by atoms with E-state index in [1.165, 1.54) is 34.1 Å². The first kappa shape index (κ1) is 54.7. The standard InChI is InChI=1S/C60H64F2N8O8/c1-60(61,62)41-22-24-46-40(31-41)32-48(64-46)55(74)66-49-36-68(30-13-5-3-2-4-8-19-39-20-14-21-43-45(39)35-69(58(43)77)50-27-29-54(73)67-56(50)75)34-42-23-26-51(70(42)59(49)78)57(76)65-47(25-28-53(63)72)52(71)33-44(37-15-9-6-10-16-37)38-17-11-7-12-18-38/h6-7,9-12,14-18,20-22,24,31-32,42,44,47,49-51,64H,2-5,13,23,25-30,33-36H2,1H3,(H2,63,72)(H,65,76)(H,66,74)(H,67,73,75)/t42-,47+,49+,50?,51+/m1/s1. The normalized spacial score (nSPS) is 19.9. The Hall–Kier alpha value is -8.04. The number of H-pyrrole nitrogens is 1. The number of hydrogen-bond donors (Lipinski definition) is 5. The average Bonchev–Trinajstić information content (AvgIpc) is 4.13. The highest BCUT2D eigenvalue weighted by atomic mass is 19.3. The van der Waals surface area contributed by atoms with Crippen LogP contribution in [0.5, 0.6) is 0 Å². The molecule has 0 radical (unpaired) electrons. The fourth-order valence-electron chi connectivity index (χ4n) is 11.4. The van der Waals surface area contributed by atoms with Crippen LogP contribution in [0, 0.1) is 11.8 Å². The molecule has 9 rings (SSSR count). The number of imide groups is 1. The molecule has 78 heavy (non-hydrogen) atoms. The maximum Gasteiger partial charge on any atom is 0.270 e. The number of aromatic nitrogens is 1. The largest absolute Gasteiger partial charge is 0.370 e. The summed E-state index contributed by atoms with van der Waals surface area (Å²) in [4.78, 5) is 116. The van der Waals surface area contributed by atoms with Crippen LogP contribution < -0.4 is 21.7 Å². The van der Waals surface area contributed by atoms with Crippen LogP contribution >= 0.6 is 0 Å². The van der Waals surface area contributed by atoms with Gasteiger partial charge in [0, 0.05) is 91.8 Å². The number of halogens is 2. The quantitative estimate of drug-likeness (QED) is 0.0332. The molecule has 0 saturated carbocycles. The van der Waals surface area contributed by atoms with Gasteiger partial charge >= 0.3 is 0 Å². The zero-order valence-electron chi connectivity index (χ0n) is 43.5. The molecule has 1 unspecified atom stereocenters. The number of alkyl halides is 2. The van der Waals surface area contributed by atoms with Gasteiger partial charge < -0.3 is 31.2 Å². The molecule has 5 aromatic rings. The molecule has 3 fully saturated rings. The maximum atomic E-state index is 14.9. The molecule has 5 atom stereocenters. The number of carbonyl (C=O) groups excluding carboxylic acids is 8. The van der Waals surface area contributed by atoms with E-state index in [1.807, 2.05) is 66.7 Å². The van der Waals surface area contributed by atoms with Gasteiger partial charge in [-0.15, -0.1) is 0 Å². The Kier molecular flexibility index (Phi) is 16.9. The summed E-state index contributed by atoms with van der Waals surface area (Å²) in [5, 5.41) is 8.55. The van der Waals surface area contributed by atoms with Crippen molar-refractivity contribution in [2.45, 2.75) is 133 Å². The molecule has 5 heterocycles. The van der Waals surface area contributed by atoms with Crippen molar-refractivity contribution in [1.29, 1.82) is 0 Å². The molecule has 0 aliphatic carbocycles. The van der Waals surface area contributed by atoms with Gasteiger partial charge in [-0.2, -0.15) is 0 Å². The summed E-state index contributed by atoms with van der Waals surface area (Å²) in [6.07, 6.45) is 4.89. The Morgan fingerprint density at radius 1 is 0.846 bits per heavy atom. The molecule has 4 aliphatic heterocycles. The van der Waals surface area contributed by atoms with Gasteiger partial charge in [0.15, 0.2) is 5.78 Å². The van der Waals surface area contributed by atoms with Gasteiger partial charge in [0.2, 0.25) is 29.5 Å². The molecule has 4 aliphatic rings. The van der Waals surface area contributed by atoms with Crippen molar-refractivity contribution in [3.8, 4) is 11.8 Å². The molecule has 0 bridgehead atoms. The van der Waals surface area contributed by atoms with Crippen molar-refractivity contribution in [2.24, 2.45) is 5.73 Å². The van der Waals surface area contributed by atoms with Crippen LogP contribution in [0.25, 0.3) is 10.9 Å². The third-order valence-corrected chi connectivity index (χ3v) is 15.5. The van der Waals surface area contributed by atoms with Crippen LogP contribution in [0.1, 0.15) is 139 Å². The minimum atomic E-state index is -3.10. The number of nitrogens with two attached hydrogens (primary N) is 1. The third-order valence-electron chi connectivity index (χ3n) is 15.5. The van der Waals surface area contributed by atoms with Crippen LogP contribution in [0.15, 0.2) is 103 Å². The lowest BCUT2D eigenvalue weighted by Gasteiger charge is -2.31. The second-order valence-corrected chi connectivity index (χ2v) is 21.0. The molecule has 7 amide bonds. The fourth-order valence-corrected chi connectivity index (χ4v) is 11.4. The van der Waals surface area contributed by atoms with E-state index in [9.17, 15) is 47.1 Å². The fraction of sp³-hybridized carbons (Fsp3) is 0.400. The molecule has 18 heteroatoms. The lowest BCUT2D eigenvalue weighted by Crippen LogP contribution is -2.57. The Morgan fingerprint density at radius 2 is 1.58 bits per heavy atom. The molecule has 16 nitrogen and oxygen atoms in total. The van der Waals surface area contributed by atoms with Crippen molar-refractivity contribution < 1.29 is 47.1 Å². The highest BCUT2D eigenvalue weighted by Gasteiger charge is 2.47. The van der Waals surface area contributed by atoms with E-state index in [2.05, 4.69) is 37.7 Å². The number of carbonyl (C=O) groups is 8. The number of nitrogens with zero attached hydrogens (tertiary/aromatic N) is 3. The number of ketones is 1. The number of nitrogens with one attached hydrogen (secondary N) is 4. The zero-order valence-corrected chi connectivity index (χ0v) is 43.5. The Balaban J connectivity index is 0.865. The van der Waals surface area contributed by atoms with E-state index in [0.717, 1.165) is 54.9 Å². The first-order valence-electron chi connectivity index (χ1n) is 26.9. The molecule has 4 aromatic carbocycles. The first-order valence-corrected chi connectivity index (χ1v) is 26.9. The highest BCUT2D eigenvalue weighted by molar-refractivity contribution is 6.06. The number of unbranched alkanes of at least 4 members (excludes halogenated alkanes) is 4. The van der Waals surface area contributed by atoms with Crippen LogP contribution in [-0.4, -0.2) is 117 Å². The van der Waals surface area contributed by atoms with Crippen molar-refractivity contribution in [2.75, 3.05) is 19.6 Å². The molecule has 3 saturated heterocycles. The van der Waals surface area contributed by atoms with Gasteiger partial charge in [0.1, 0.15) is 23.8 Å². The number of benzene rings is 4. The van der Waals surface area contributed by atoms with E-state index < -0.39 is 65.7 Å². The van der Waals surface area contributed by atoms with Crippen molar-refractivity contribution >= 4 is 58.0 Å². The molecule has 406 valence electrons. The number of fused-ring (bicyclic) bond motifs is 3. The summed E-state index contributed by atoms with van der Waals surface area (Å²) >= 11 is 0. The third kappa shape index (κ3) is 12.7. The van der Waals surface area contributed by atoms with E-state index in [1.54, 1.807) is 12.1 Å². The summed E-state index contributed by atoms with van der Waals surface area (Å²) in [5.41, 5.74) is 9.70. The second-order valence-electron chi connectivity index (χ2n) is 21.0. The monoisotopic (exact) mass is 1060 g/mol. The van der Waals surface area contributed by atoms with Gasteiger partial charge in [0.05, 0.1) is 6.04 Å². The van der Waals surface area contributed by atoms with Crippen molar-refractivity contribution in [3.05, 3.63) is 142 Å². The minimum Gasteiger partial charge on any atom is -0.370 e. The summed E-state index contributed by atoms with van der Waals surface area (Å²) in [6.45, 7) is 2.16. The molecule has 6 N–H and O–H groups in total. The number of rotatable bonds is 20. The summed E-state index contributed by atoms with van der Waals surface area (Å²) in [7, 11) is 0. The first-order chi connectivity index (χ1) is 37.5. The topological polar surface area (TPSA) is 224 Å². The number of hydrogen-bond acceptors (Lipinski definition) is 9. The molecule has 1 aromatic heterocycles. The Morgan fingerprint density at radius 3 is 2.28 bits per heavy atom. The Bertz CT molecular complexity index is 3130. The van der Waals surface area contributed by atoms with Gasteiger partial charge in [-0.1, -0.05) is 97.5 Å². The second kappa shape index (κ2) is 24.1. The van der Waals surface area contributed by atoms with Crippen LogP contribution in [-0.2, 0) is 41.2 Å². The van der Waals surface area contributed by atoms with Gasteiger partial charge in [-0.3, -0.25) is 48.6 Å². The summed E-state index contributed by atoms with van der Waals surface area (Å²) in [6, 6.07) is 25.7. The van der Waals surface area contributed by atoms with Gasteiger partial charge in [-0.25, -0.2) is 8.78 Å². The number of Topliss-reactive ketones (excluding diaryl/α,β-unsaturated/α-hetero) is 1. The summed E-state index contributed by atoms with van der Waals surface area (Å²) in [5.74, 6) is -0.617. The van der Waals surface area contributed by atoms with E-state index in [0.29, 0.717) is 42.4 Å². The number of aromatic amines is 1. The smallest absolute Gasteiger partial charge is 0.270 e. The predicted molar refractivity (Wildman–Crippen MR) is 286 cm³/mol. The van der Waals surface area contributed by atoms with E-state index in [-0.39, 0.29) is 86.4 Å². The van der Waals surface area contributed by atoms with E-state index >= 15 is 0 Å². The molecular formula is C60H64F2N8O8. The van der Waals surface area contributed by atoms with Gasteiger partial charge in [0.25, 0.3) is 17.7 Å². The lowest BCUT2D eigenvalue weighted by molar-refractivity contribution is -0.141. The molecule has 0 spiro atoms. The predicted octanol–water partition coefficient (Wildman–Crippen LogP) is 6.36. The SMILES string of the molecule is CC(F)(F)c1ccc2[nH]c(C(=O)N[C@H]3CN(CCCCCCC#Cc4cccc5c4CN(C4CCC(=O)NC4=O)C5=O)C[C@H]4CC[C@@H](C(=O)N[C@@H](CCC(N)=O)C(=O)CC(c5ccccc5)c5ccccc5)N4C3=O)cc2c1. The van der Waals surface area contributed by atoms with Crippen molar-refractivity contribution in [3.63, 3.8) is 0 Å². The number of amides is 7. The number of piperidine rings is 1. The lowest BCUT2D eigenvalue weighted by atomic mass is 9.85. The molecular weight excluding hydrogens is 999 g/mol. The zero-order chi connectivity index (χ0) is 55.1. The van der Waals surface area contributed by atoms with Crippen LogP contribution in [0.3, 0.4) is 0 Å². The highest BCUT2D eigenvalue weighted by Crippen LogP contribution is 2.34. The summed E-state index contributed by atoms with van der Waals surface area (Å²) < 4.78 is 28.5.